The Kier molecular flexibility index (Phi) is 4.48. The smallest absolute Gasteiger partial charge is 0.166 e. The van der Waals surface area contributed by atoms with E-state index in [-0.39, 0.29) is 0 Å². The Balaban J connectivity index is 2.23. The van der Waals surface area contributed by atoms with E-state index in [9.17, 15) is 13.2 Å². The lowest BCUT2D eigenvalue weighted by Gasteiger charge is -2.09. The third kappa shape index (κ3) is 3.62. The first kappa shape index (κ1) is 14.6. The zero-order valence-corrected chi connectivity index (χ0v) is 11.4. The molecule has 0 fully saturated rings. The van der Waals surface area contributed by atoms with E-state index in [0.29, 0.717) is 5.56 Å². The SMILES string of the molecule is CCCCc1ccc(-c2cccc(C(F)(F)F)c2)cc1. The lowest BCUT2D eigenvalue weighted by molar-refractivity contribution is -0.137. The van der Waals surface area contributed by atoms with Crippen molar-refractivity contribution in [1.29, 1.82) is 0 Å². The molecule has 3 heteroatoms. The second-order valence-corrected chi connectivity index (χ2v) is 4.88. The van der Waals surface area contributed by atoms with E-state index in [1.54, 1.807) is 6.07 Å². The minimum absolute atomic E-state index is 0.599. The van der Waals surface area contributed by atoms with Gasteiger partial charge in [-0.25, -0.2) is 0 Å². The third-order valence-electron chi connectivity index (χ3n) is 3.30. The summed E-state index contributed by atoms with van der Waals surface area (Å²) in [4.78, 5) is 0. The van der Waals surface area contributed by atoms with Crippen molar-refractivity contribution < 1.29 is 13.2 Å². The van der Waals surface area contributed by atoms with Crippen LogP contribution in [-0.4, -0.2) is 0 Å². The van der Waals surface area contributed by atoms with Crippen molar-refractivity contribution in [2.75, 3.05) is 0 Å². The molecule has 0 aliphatic rings. The fourth-order valence-electron chi connectivity index (χ4n) is 2.12. The van der Waals surface area contributed by atoms with Gasteiger partial charge in [-0.2, -0.15) is 13.2 Å². The first-order chi connectivity index (χ1) is 9.50. The molecule has 20 heavy (non-hydrogen) atoms. The van der Waals surface area contributed by atoms with Crippen LogP contribution in [0.25, 0.3) is 11.1 Å². The second-order valence-electron chi connectivity index (χ2n) is 4.88. The summed E-state index contributed by atoms with van der Waals surface area (Å²) in [5, 5.41) is 0. The molecular weight excluding hydrogens is 261 g/mol. The van der Waals surface area contributed by atoms with E-state index in [1.165, 1.54) is 17.7 Å². The van der Waals surface area contributed by atoms with Gasteiger partial charge in [0, 0.05) is 0 Å². The molecular formula is C17H17F3. The molecule has 0 unspecified atom stereocenters. The van der Waals surface area contributed by atoms with Crippen LogP contribution in [-0.2, 0) is 12.6 Å². The van der Waals surface area contributed by atoms with Crippen molar-refractivity contribution in [3.63, 3.8) is 0 Å². The molecule has 0 heterocycles. The molecule has 0 bridgehead atoms. The molecule has 0 N–H and O–H groups in total. The van der Waals surface area contributed by atoms with Crippen molar-refractivity contribution in [2.24, 2.45) is 0 Å². The van der Waals surface area contributed by atoms with Crippen LogP contribution in [0.4, 0.5) is 13.2 Å². The van der Waals surface area contributed by atoms with Crippen LogP contribution in [0.2, 0.25) is 0 Å². The van der Waals surface area contributed by atoms with Crippen LogP contribution in [0, 0.1) is 0 Å². The van der Waals surface area contributed by atoms with Crippen LogP contribution in [0.3, 0.4) is 0 Å². The molecule has 2 aromatic rings. The summed E-state index contributed by atoms with van der Waals surface area (Å²) in [6.07, 6.45) is -1.02. The number of rotatable bonds is 4. The normalized spacial score (nSPS) is 11.6. The molecule has 2 rings (SSSR count). The average Bonchev–Trinajstić information content (AvgIpc) is 2.45. The topological polar surface area (TPSA) is 0 Å². The van der Waals surface area contributed by atoms with E-state index in [2.05, 4.69) is 6.92 Å². The Morgan fingerprint density at radius 1 is 0.900 bits per heavy atom. The van der Waals surface area contributed by atoms with Crippen LogP contribution < -0.4 is 0 Å². The van der Waals surface area contributed by atoms with Gasteiger partial charge in [-0.1, -0.05) is 49.7 Å². The number of hydrogen-bond donors (Lipinski definition) is 0. The van der Waals surface area contributed by atoms with Gasteiger partial charge in [-0.05, 0) is 41.7 Å². The molecule has 0 saturated carbocycles. The van der Waals surface area contributed by atoms with Crippen LogP contribution in [0.1, 0.15) is 30.9 Å². The summed E-state index contributed by atoms with van der Waals surface area (Å²) >= 11 is 0. The summed E-state index contributed by atoms with van der Waals surface area (Å²) in [6.45, 7) is 2.14. The van der Waals surface area contributed by atoms with Crippen molar-refractivity contribution >= 4 is 0 Å². The maximum Gasteiger partial charge on any atom is 0.416 e. The fraction of sp³-hybridized carbons (Fsp3) is 0.294. The number of benzene rings is 2. The van der Waals surface area contributed by atoms with Crippen molar-refractivity contribution in [1.82, 2.24) is 0 Å². The first-order valence-electron chi connectivity index (χ1n) is 6.77. The predicted octanol–water partition coefficient (Wildman–Crippen LogP) is 5.72. The van der Waals surface area contributed by atoms with Gasteiger partial charge in [0.15, 0.2) is 0 Å². The maximum absolute atomic E-state index is 12.7. The number of unbranched alkanes of at least 4 members (excludes halogenated alkanes) is 1. The highest BCUT2D eigenvalue weighted by molar-refractivity contribution is 5.64. The van der Waals surface area contributed by atoms with Crippen LogP contribution in [0.5, 0.6) is 0 Å². The minimum Gasteiger partial charge on any atom is -0.166 e. The molecule has 106 valence electrons. The Morgan fingerprint density at radius 3 is 2.20 bits per heavy atom. The number of alkyl halides is 3. The predicted molar refractivity (Wildman–Crippen MR) is 75.5 cm³/mol. The fourth-order valence-corrected chi connectivity index (χ4v) is 2.12. The van der Waals surface area contributed by atoms with Gasteiger partial charge >= 0.3 is 6.18 Å². The van der Waals surface area contributed by atoms with Gasteiger partial charge in [-0.15, -0.1) is 0 Å². The summed E-state index contributed by atoms with van der Waals surface area (Å²) in [6, 6.07) is 13.2. The van der Waals surface area contributed by atoms with E-state index in [0.717, 1.165) is 30.9 Å². The van der Waals surface area contributed by atoms with Gasteiger partial charge in [0.05, 0.1) is 5.56 Å². The average molecular weight is 278 g/mol. The number of halogens is 3. The molecule has 0 aliphatic heterocycles. The highest BCUT2D eigenvalue weighted by atomic mass is 19.4. The molecule has 0 amide bonds. The van der Waals surface area contributed by atoms with Gasteiger partial charge in [0.25, 0.3) is 0 Å². The lowest BCUT2D eigenvalue weighted by atomic mass is 10.00. The molecule has 0 spiro atoms. The van der Waals surface area contributed by atoms with E-state index < -0.39 is 11.7 Å². The largest absolute Gasteiger partial charge is 0.416 e. The Labute approximate surface area is 117 Å². The number of hydrogen-bond acceptors (Lipinski definition) is 0. The highest BCUT2D eigenvalue weighted by Gasteiger charge is 2.30. The highest BCUT2D eigenvalue weighted by Crippen LogP contribution is 2.32. The Bertz CT molecular complexity index is 553. The van der Waals surface area contributed by atoms with Crippen LogP contribution in [0.15, 0.2) is 48.5 Å². The summed E-state index contributed by atoms with van der Waals surface area (Å²) in [5.41, 5.74) is 2.03. The molecule has 0 aliphatic carbocycles. The van der Waals surface area contributed by atoms with Gasteiger partial charge < -0.3 is 0 Å². The summed E-state index contributed by atoms with van der Waals surface area (Å²) < 4.78 is 38.1. The van der Waals surface area contributed by atoms with E-state index >= 15 is 0 Å². The Morgan fingerprint density at radius 2 is 1.60 bits per heavy atom. The quantitative estimate of drug-likeness (QED) is 0.671. The van der Waals surface area contributed by atoms with E-state index in [1.807, 2.05) is 24.3 Å². The van der Waals surface area contributed by atoms with Gasteiger partial charge in [0.2, 0.25) is 0 Å². The van der Waals surface area contributed by atoms with Gasteiger partial charge in [-0.3, -0.25) is 0 Å². The summed E-state index contributed by atoms with van der Waals surface area (Å²) in [5.74, 6) is 0. The monoisotopic (exact) mass is 278 g/mol. The molecule has 0 aromatic heterocycles. The first-order valence-corrected chi connectivity index (χ1v) is 6.77. The lowest BCUT2D eigenvalue weighted by Crippen LogP contribution is -2.04. The summed E-state index contributed by atoms with van der Waals surface area (Å²) in [7, 11) is 0. The van der Waals surface area contributed by atoms with Crippen molar-refractivity contribution in [2.45, 2.75) is 32.4 Å². The Hall–Kier alpha value is -1.77. The number of aryl methyl sites for hydroxylation is 1. The standard InChI is InChI=1S/C17H17F3/c1-2-3-5-13-8-10-14(11-9-13)15-6-4-7-16(12-15)17(18,19)20/h4,6-12H,2-3,5H2,1H3. The minimum atomic E-state index is -4.29. The third-order valence-corrected chi connectivity index (χ3v) is 3.30. The molecule has 0 saturated heterocycles. The van der Waals surface area contributed by atoms with E-state index in [4.69, 9.17) is 0 Å². The van der Waals surface area contributed by atoms with Gasteiger partial charge in [0.1, 0.15) is 0 Å². The molecule has 0 atom stereocenters. The zero-order chi connectivity index (χ0) is 14.6. The molecule has 0 nitrogen and oxygen atoms in total. The molecule has 0 radical (unpaired) electrons. The zero-order valence-electron chi connectivity index (χ0n) is 11.4. The second kappa shape index (κ2) is 6.12. The molecule has 2 aromatic carbocycles. The van der Waals surface area contributed by atoms with Crippen molar-refractivity contribution in [3.05, 3.63) is 59.7 Å². The maximum atomic E-state index is 12.7. The van der Waals surface area contributed by atoms with Crippen LogP contribution >= 0.6 is 0 Å². The van der Waals surface area contributed by atoms with Crippen molar-refractivity contribution in [3.8, 4) is 11.1 Å².